The minimum atomic E-state index is -0.896. The Bertz CT molecular complexity index is 440. The molecule has 33 heavy (non-hydrogen) atoms. The van der Waals surface area contributed by atoms with Crippen LogP contribution in [-0.2, 0) is 4.79 Å². The molecule has 198 valence electrons. The van der Waals surface area contributed by atoms with Gasteiger partial charge in [0.1, 0.15) is 0 Å². The van der Waals surface area contributed by atoms with E-state index in [2.05, 4.69) is 13.8 Å². The maximum Gasteiger partial charge on any atom is 0.317 e. The Kier molecular flexibility index (Phi) is 20.2. The molecule has 7 heteroatoms. The fourth-order valence-electron chi connectivity index (χ4n) is 4.94. The molecular weight excluding hydrogens is 414 g/mol. The predicted octanol–water partition coefficient (Wildman–Crippen LogP) is 4.66. The van der Waals surface area contributed by atoms with Crippen molar-refractivity contribution >= 4 is 5.97 Å². The van der Waals surface area contributed by atoms with Gasteiger partial charge in [-0.2, -0.15) is 0 Å². The molecule has 7 nitrogen and oxygen atoms in total. The minimum absolute atomic E-state index is 0.135. The number of hydrogen-bond donors (Lipinski definition) is 5. The average molecular weight is 472 g/mol. The third-order valence-corrected chi connectivity index (χ3v) is 6.93. The van der Waals surface area contributed by atoms with Crippen LogP contribution in [0.25, 0.3) is 0 Å². The molecule has 0 aliphatic carbocycles. The zero-order valence-electron chi connectivity index (χ0n) is 21.9. The van der Waals surface area contributed by atoms with Crippen LogP contribution in [0.3, 0.4) is 0 Å². The van der Waals surface area contributed by atoms with E-state index in [1.54, 1.807) is 0 Å². The number of carboxylic acid groups (broad SMARTS) is 1. The number of aliphatic carboxylic acids is 1. The van der Waals surface area contributed by atoms with Crippen LogP contribution in [0.1, 0.15) is 129 Å². The minimum Gasteiger partial charge on any atom is -0.480 e. The molecule has 0 saturated heterocycles. The van der Waals surface area contributed by atoms with Crippen LogP contribution in [0.2, 0.25) is 0 Å². The summed E-state index contributed by atoms with van der Waals surface area (Å²) in [4.78, 5) is 13.5. The summed E-state index contributed by atoms with van der Waals surface area (Å²) in [5.41, 5.74) is 24.0. The Morgan fingerprint density at radius 2 is 1.06 bits per heavy atom. The number of nitrogens with zero attached hydrogens (tertiary/aromatic N) is 1. The molecule has 0 bridgehead atoms. The van der Waals surface area contributed by atoms with Crippen LogP contribution in [-0.4, -0.2) is 46.9 Å². The average Bonchev–Trinajstić information content (AvgIpc) is 2.74. The van der Waals surface area contributed by atoms with Crippen LogP contribution in [0.5, 0.6) is 0 Å². The highest BCUT2D eigenvalue weighted by Gasteiger charge is 2.41. The zero-order chi connectivity index (χ0) is 25.0. The van der Waals surface area contributed by atoms with Crippen molar-refractivity contribution in [2.24, 2.45) is 22.9 Å². The van der Waals surface area contributed by atoms with Crippen molar-refractivity contribution in [1.29, 1.82) is 0 Å². The summed E-state index contributed by atoms with van der Waals surface area (Å²) in [5, 5.41) is 9.56. The first kappa shape index (κ1) is 32.3. The summed E-state index contributed by atoms with van der Waals surface area (Å²) in [6.45, 7) is 4.62. The number of carboxylic acids is 1. The molecule has 0 aliphatic rings. The first-order valence-electron chi connectivity index (χ1n) is 13.8. The predicted molar refractivity (Wildman–Crippen MR) is 141 cm³/mol. The summed E-state index contributed by atoms with van der Waals surface area (Å²) in [5.74, 6) is -0.896. The van der Waals surface area contributed by atoms with Gasteiger partial charge in [0.25, 0.3) is 0 Å². The number of rotatable bonds is 24. The van der Waals surface area contributed by atoms with E-state index in [0.717, 1.165) is 38.5 Å². The van der Waals surface area contributed by atoms with Gasteiger partial charge >= 0.3 is 5.97 Å². The Morgan fingerprint density at radius 1 is 0.697 bits per heavy atom. The largest absolute Gasteiger partial charge is 0.480 e. The Balaban J connectivity index is 4.99. The summed E-state index contributed by atoms with van der Waals surface area (Å²) < 4.78 is 0. The van der Waals surface area contributed by atoms with E-state index in [-0.39, 0.29) is 13.1 Å². The van der Waals surface area contributed by atoms with Gasteiger partial charge < -0.3 is 28.0 Å². The normalized spacial score (nSPS) is 12.4. The van der Waals surface area contributed by atoms with Gasteiger partial charge in [0, 0.05) is 12.1 Å². The zero-order valence-corrected chi connectivity index (χ0v) is 21.9. The van der Waals surface area contributed by atoms with Crippen molar-refractivity contribution in [3.63, 3.8) is 0 Å². The molecule has 0 aliphatic heterocycles. The molecule has 0 radical (unpaired) electrons. The number of nitrogens with two attached hydrogens (primary N) is 4. The molecule has 0 rings (SSSR count). The molecule has 0 fully saturated rings. The SMILES string of the molecule is CCCCCCCCCCC(CCCCCCCCCC)(C(N)N)N(CC(=O)O)CC(N)N. The Morgan fingerprint density at radius 3 is 1.36 bits per heavy atom. The van der Waals surface area contributed by atoms with Crippen molar-refractivity contribution < 1.29 is 9.90 Å². The van der Waals surface area contributed by atoms with Gasteiger partial charge in [-0.1, -0.05) is 117 Å². The van der Waals surface area contributed by atoms with E-state index in [1.165, 1.54) is 77.0 Å². The molecule has 0 saturated carbocycles. The number of hydrogen-bond acceptors (Lipinski definition) is 6. The third kappa shape index (κ3) is 15.7. The fourth-order valence-corrected chi connectivity index (χ4v) is 4.94. The first-order chi connectivity index (χ1) is 15.8. The molecule has 0 aromatic rings. The van der Waals surface area contributed by atoms with Crippen molar-refractivity contribution in [3.05, 3.63) is 0 Å². The van der Waals surface area contributed by atoms with Gasteiger partial charge in [-0.15, -0.1) is 0 Å². The van der Waals surface area contributed by atoms with Crippen molar-refractivity contribution in [1.82, 2.24) is 4.90 Å². The molecule has 0 amide bonds. The summed E-state index contributed by atoms with van der Waals surface area (Å²) in [6, 6.07) is 0. The van der Waals surface area contributed by atoms with Gasteiger partial charge in [-0.05, 0) is 12.8 Å². The van der Waals surface area contributed by atoms with Crippen LogP contribution in [0, 0.1) is 0 Å². The van der Waals surface area contributed by atoms with Crippen LogP contribution in [0.4, 0.5) is 0 Å². The van der Waals surface area contributed by atoms with Crippen molar-refractivity contribution in [3.8, 4) is 0 Å². The van der Waals surface area contributed by atoms with Gasteiger partial charge in [-0.3, -0.25) is 9.69 Å². The van der Waals surface area contributed by atoms with Crippen LogP contribution >= 0.6 is 0 Å². The number of unbranched alkanes of at least 4 members (excludes halogenated alkanes) is 14. The highest BCUT2D eigenvalue weighted by molar-refractivity contribution is 5.69. The van der Waals surface area contributed by atoms with Gasteiger partial charge in [0.2, 0.25) is 0 Å². The van der Waals surface area contributed by atoms with E-state index in [4.69, 9.17) is 22.9 Å². The molecule has 0 aromatic carbocycles. The molecule has 0 heterocycles. The highest BCUT2D eigenvalue weighted by Crippen LogP contribution is 2.31. The van der Waals surface area contributed by atoms with Crippen LogP contribution in [0.15, 0.2) is 0 Å². The van der Waals surface area contributed by atoms with Crippen molar-refractivity contribution in [2.45, 2.75) is 147 Å². The molecular formula is C26H57N5O2. The van der Waals surface area contributed by atoms with E-state index in [9.17, 15) is 9.90 Å². The lowest BCUT2D eigenvalue weighted by Crippen LogP contribution is -2.66. The van der Waals surface area contributed by atoms with Gasteiger partial charge in [0.05, 0.1) is 18.9 Å². The third-order valence-electron chi connectivity index (χ3n) is 6.93. The second-order valence-corrected chi connectivity index (χ2v) is 10.0. The van der Waals surface area contributed by atoms with Gasteiger partial charge in [-0.25, -0.2) is 0 Å². The monoisotopic (exact) mass is 471 g/mol. The fraction of sp³-hybridized carbons (Fsp3) is 0.962. The lowest BCUT2D eigenvalue weighted by Gasteiger charge is -2.47. The first-order valence-corrected chi connectivity index (χ1v) is 13.8. The second kappa shape index (κ2) is 20.6. The Hall–Kier alpha value is -0.730. The Labute approximate surface area is 204 Å². The van der Waals surface area contributed by atoms with Crippen molar-refractivity contribution in [2.75, 3.05) is 13.1 Å². The lowest BCUT2D eigenvalue weighted by atomic mass is 9.81. The van der Waals surface area contributed by atoms with E-state index in [0.29, 0.717) is 0 Å². The lowest BCUT2D eigenvalue weighted by molar-refractivity contribution is -0.141. The highest BCUT2D eigenvalue weighted by atomic mass is 16.4. The summed E-state index contributed by atoms with van der Waals surface area (Å²) in [7, 11) is 0. The number of carbonyl (C=O) groups is 1. The maximum absolute atomic E-state index is 11.7. The molecule has 0 spiro atoms. The van der Waals surface area contributed by atoms with E-state index >= 15 is 0 Å². The standard InChI is InChI=1S/C26H57N5O2/c1-3-5-7-9-11-13-15-17-19-26(25(29)30,31(21-23(27)28)22-24(32)33)20-18-16-14-12-10-8-6-4-2/h23,25H,3-22,27-30H2,1-2H3,(H,32,33). The second-order valence-electron chi connectivity index (χ2n) is 10.0. The molecule has 0 unspecified atom stereocenters. The van der Waals surface area contributed by atoms with Gasteiger partial charge in [0.15, 0.2) is 0 Å². The smallest absolute Gasteiger partial charge is 0.317 e. The van der Waals surface area contributed by atoms with E-state index < -0.39 is 23.8 Å². The van der Waals surface area contributed by atoms with Crippen LogP contribution < -0.4 is 22.9 Å². The molecule has 9 N–H and O–H groups in total. The summed E-state index contributed by atoms with van der Waals surface area (Å²) >= 11 is 0. The van der Waals surface area contributed by atoms with E-state index in [1.807, 2.05) is 4.90 Å². The molecule has 0 atom stereocenters. The summed E-state index contributed by atoms with van der Waals surface area (Å²) in [6.07, 6.45) is 19.8. The topological polar surface area (TPSA) is 145 Å². The quantitative estimate of drug-likeness (QED) is 0.102. The molecule has 0 aromatic heterocycles. The maximum atomic E-state index is 11.7.